The van der Waals surface area contributed by atoms with Crippen molar-refractivity contribution in [2.75, 3.05) is 5.73 Å². The van der Waals surface area contributed by atoms with Crippen LogP contribution in [0.2, 0.25) is 0 Å². The summed E-state index contributed by atoms with van der Waals surface area (Å²) in [7, 11) is 0. The standard InChI is InChI=1S/C13H13BrN2OS/c1-8-2-9(4-11(15)3-8)13(17)16-6-12-5-10(14)7-18-12/h2-5,7H,6,15H2,1H3,(H,16,17). The zero-order valence-corrected chi connectivity index (χ0v) is 12.3. The van der Waals surface area contributed by atoms with Crippen molar-refractivity contribution in [3.05, 3.63) is 50.1 Å². The molecule has 0 bridgehead atoms. The average molecular weight is 325 g/mol. The number of carbonyl (C=O) groups excluding carboxylic acids is 1. The summed E-state index contributed by atoms with van der Waals surface area (Å²) in [6, 6.07) is 7.35. The van der Waals surface area contributed by atoms with Crippen LogP contribution in [0.15, 0.2) is 34.1 Å². The molecular formula is C13H13BrN2OS. The molecule has 94 valence electrons. The minimum absolute atomic E-state index is 0.102. The maximum Gasteiger partial charge on any atom is 0.251 e. The lowest BCUT2D eigenvalue weighted by Gasteiger charge is -2.06. The molecule has 0 spiro atoms. The number of nitrogens with one attached hydrogen (secondary N) is 1. The zero-order chi connectivity index (χ0) is 13.1. The number of nitrogen functional groups attached to an aromatic ring is 1. The third-order valence-corrected chi connectivity index (χ3v) is 4.10. The number of halogens is 1. The monoisotopic (exact) mass is 324 g/mol. The van der Waals surface area contributed by atoms with Gasteiger partial charge in [-0.15, -0.1) is 11.3 Å². The van der Waals surface area contributed by atoms with E-state index in [9.17, 15) is 4.79 Å². The van der Waals surface area contributed by atoms with Gasteiger partial charge in [-0.25, -0.2) is 0 Å². The maximum absolute atomic E-state index is 12.0. The Morgan fingerprint density at radius 1 is 1.39 bits per heavy atom. The Bertz CT molecular complexity index is 560. The van der Waals surface area contributed by atoms with Crippen LogP contribution in [0, 0.1) is 6.92 Å². The first-order valence-corrected chi connectivity index (χ1v) is 7.10. The van der Waals surface area contributed by atoms with Gasteiger partial charge in [0.15, 0.2) is 0 Å². The molecule has 0 radical (unpaired) electrons. The predicted molar refractivity (Wildman–Crippen MR) is 78.8 cm³/mol. The quantitative estimate of drug-likeness (QED) is 0.851. The molecule has 0 atom stereocenters. The van der Waals surface area contributed by atoms with Gasteiger partial charge in [-0.05, 0) is 52.7 Å². The molecule has 1 aromatic heterocycles. The fraction of sp³-hybridized carbons (Fsp3) is 0.154. The first-order valence-electron chi connectivity index (χ1n) is 5.43. The second-order valence-electron chi connectivity index (χ2n) is 4.05. The minimum Gasteiger partial charge on any atom is -0.399 e. The van der Waals surface area contributed by atoms with Gasteiger partial charge < -0.3 is 11.1 Å². The van der Waals surface area contributed by atoms with Crippen LogP contribution in [-0.2, 0) is 6.54 Å². The molecule has 5 heteroatoms. The van der Waals surface area contributed by atoms with Crippen molar-refractivity contribution in [1.29, 1.82) is 0 Å². The summed E-state index contributed by atoms with van der Waals surface area (Å²) < 4.78 is 1.04. The summed E-state index contributed by atoms with van der Waals surface area (Å²) in [5, 5.41) is 4.87. The third kappa shape index (κ3) is 3.34. The van der Waals surface area contributed by atoms with Gasteiger partial charge in [0.2, 0.25) is 0 Å². The largest absolute Gasteiger partial charge is 0.399 e. The summed E-state index contributed by atoms with van der Waals surface area (Å²) >= 11 is 4.99. The van der Waals surface area contributed by atoms with Crippen molar-refractivity contribution in [2.45, 2.75) is 13.5 Å². The van der Waals surface area contributed by atoms with Crippen LogP contribution in [0.1, 0.15) is 20.8 Å². The molecule has 0 fully saturated rings. The maximum atomic E-state index is 12.0. The highest BCUT2D eigenvalue weighted by molar-refractivity contribution is 9.10. The second kappa shape index (κ2) is 5.54. The highest BCUT2D eigenvalue weighted by Crippen LogP contribution is 2.19. The lowest BCUT2D eigenvalue weighted by molar-refractivity contribution is 0.0951. The molecular weight excluding hydrogens is 312 g/mol. The summed E-state index contributed by atoms with van der Waals surface area (Å²) in [6.45, 7) is 2.45. The Kier molecular flexibility index (Phi) is 4.04. The van der Waals surface area contributed by atoms with E-state index in [1.54, 1.807) is 17.4 Å². The van der Waals surface area contributed by atoms with Crippen molar-refractivity contribution in [2.24, 2.45) is 0 Å². The number of rotatable bonds is 3. The van der Waals surface area contributed by atoms with Gasteiger partial charge >= 0.3 is 0 Å². The van der Waals surface area contributed by atoms with Gasteiger partial charge in [0.25, 0.3) is 5.91 Å². The molecule has 3 nitrogen and oxygen atoms in total. The summed E-state index contributed by atoms with van der Waals surface area (Å²) in [4.78, 5) is 13.1. The minimum atomic E-state index is -0.102. The molecule has 18 heavy (non-hydrogen) atoms. The third-order valence-electron chi connectivity index (χ3n) is 2.41. The molecule has 0 aliphatic carbocycles. The number of carbonyl (C=O) groups is 1. The van der Waals surface area contributed by atoms with E-state index in [2.05, 4.69) is 21.2 Å². The molecule has 1 heterocycles. The normalized spacial score (nSPS) is 10.3. The molecule has 2 rings (SSSR count). The van der Waals surface area contributed by atoms with E-state index < -0.39 is 0 Å². The SMILES string of the molecule is Cc1cc(N)cc(C(=O)NCc2cc(Br)cs2)c1. The predicted octanol–water partition coefficient (Wildman–Crippen LogP) is 3.33. The highest BCUT2D eigenvalue weighted by atomic mass is 79.9. The van der Waals surface area contributed by atoms with Crippen molar-refractivity contribution in [3.8, 4) is 0 Å². The summed E-state index contributed by atoms with van der Waals surface area (Å²) in [6.07, 6.45) is 0. The van der Waals surface area contributed by atoms with Crippen LogP contribution in [-0.4, -0.2) is 5.91 Å². The fourth-order valence-corrected chi connectivity index (χ4v) is 3.05. The molecule has 0 saturated carbocycles. The van der Waals surface area contributed by atoms with Crippen molar-refractivity contribution < 1.29 is 4.79 Å². The van der Waals surface area contributed by atoms with E-state index in [1.807, 2.05) is 30.5 Å². The average Bonchev–Trinajstić information content (AvgIpc) is 2.70. The van der Waals surface area contributed by atoms with Crippen molar-refractivity contribution >= 4 is 38.9 Å². The van der Waals surface area contributed by atoms with E-state index >= 15 is 0 Å². The lowest BCUT2D eigenvalue weighted by atomic mass is 10.1. The van der Waals surface area contributed by atoms with Gasteiger partial charge in [0, 0.05) is 26.0 Å². The molecule has 0 saturated heterocycles. The summed E-state index contributed by atoms with van der Waals surface area (Å²) in [5.74, 6) is -0.102. The van der Waals surface area contributed by atoms with Crippen LogP contribution in [0.5, 0.6) is 0 Å². The van der Waals surface area contributed by atoms with Crippen LogP contribution in [0.3, 0.4) is 0 Å². The molecule has 0 aliphatic rings. The molecule has 1 aromatic carbocycles. The zero-order valence-electron chi connectivity index (χ0n) is 9.87. The first-order chi connectivity index (χ1) is 8.54. The number of amides is 1. The highest BCUT2D eigenvalue weighted by Gasteiger charge is 2.07. The van der Waals surface area contributed by atoms with Gasteiger partial charge in [-0.2, -0.15) is 0 Å². The fourth-order valence-electron chi connectivity index (χ4n) is 1.66. The van der Waals surface area contributed by atoms with Crippen LogP contribution < -0.4 is 11.1 Å². The number of hydrogen-bond acceptors (Lipinski definition) is 3. The molecule has 2 aromatic rings. The first kappa shape index (κ1) is 13.1. The van der Waals surface area contributed by atoms with E-state index in [4.69, 9.17) is 5.73 Å². The van der Waals surface area contributed by atoms with Gasteiger partial charge in [0.1, 0.15) is 0 Å². The lowest BCUT2D eigenvalue weighted by Crippen LogP contribution is -2.22. The van der Waals surface area contributed by atoms with E-state index in [0.29, 0.717) is 17.8 Å². The van der Waals surface area contributed by atoms with Gasteiger partial charge in [0.05, 0.1) is 6.54 Å². The number of benzene rings is 1. The van der Waals surface area contributed by atoms with E-state index in [1.165, 1.54) is 0 Å². The molecule has 0 aliphatic heterocycles. The Morgan fingerprint density at radius 3 is 2.78 bits per heavy atom. The number of aryl methyl sites for hydroxylation is 1. The van der Waals surface area contributed by atoms with Crippen LogP contribution >= 0.6 is 27.3 Å². The van der Waals surface area contributed by atoms with Crippen LogP contribution in [0.25, 0.3) is 0 Å². The van der Waals surface area contributed by atoms with Gasteiger partial charge in [-0.3, -0.25) is 4.79 Å². The molecule has 1 amide bonds. The van der Waals surface area contributed by atoms with Crippen molar-refractivity contribution in [1.82, 2.24) is 5.32 Å². The Hall–Kier alpha value is -1.33. The van der Waals surface area contributed by atoms with E-state index in [0.717, 1.165) is 14.9 Å². The number of nitrogens with two attached hydrogens (primary N) is 1. The molecule has 3 N–H and O–H groups in total. The Labute approximate surface area is 118 Å². The topological polar surface area (TPSA) is 55.1 Å². The summed E-state index contributed by atoms with van der Waals surface area (Å²) in [5.41, 5.74) is 7.92. The van der Waals surface area contributed by atoms with E-state index in [-0.39, 0.29) is 5.91 Å². The number of thiophene rings is 1. The Morgan fingerprint density at radius 2 is 2.17 bits per heavy atom. The molecule has 0 unspecified atom stereocenters. The smallest absolute Gasteiger partial charge is 0.251 e. The second-order valence-corrected chi connectivity index (χ2v) is 5.96. The Balaban J connectivity index is 2.03. The number of anilines is 1. The van der Waals surface area contributed by atoms with Gasteiger partial charge in [-0.1, -0.05) is 0 Å². The van der Waals surface area contributed by atoms with Crippen LogP contribution in [0.4, 0.5) is 5.69 Å². The van der Waals surface area contributed by atoms with Crippen molar-refractivity contribution in [3.63, 3.8) is 0 Å². The number of hydrogen-bond donors (Lipinski definition) is 2.